The van der Waals surface area contributed by atoms with E-state index in [1.807, 2.05) is 17.9 Å². The van der Waals surface area contributed by atoms with Crippen LogP contribution in [0.1, 0.15) is 36.8 Å². The molecule has 37 heavy (non-hydrogen) atoms. The van der Waals surface area contributed by atoms with E-state index >= 15 is 0 Å². The highest BCUT2D eigenvalue weighted by atomic mass is 19.1. The number of carboxylic acids is 1. The van der Waals surface area contributed by atoms with Gasteiger partial charge in [-0.25, -0.2) is 9.18 Å². The number of amides is 1. The summed E-state index contributed by atoms with van der Waals surface area (Å²) in [7, 11) is 1.95. The van der Waals surface area contributed by atoms with Gasteiger partial charge in [0, 0.05) is 30.1 Å². The number of anilines is 1. The van der Waals surface area contributed by atoms with Crippen molar-refractivity contribution in [2.45, 2.75) is 32.1 Å². The number of rotatable bonds is 6. The average molecular weight is 498 g/mol. The Bertz CT molecular complexity index is 1590. The molecule has 6 rings (SSSR count). The van der Waals surface area contributed by atoms with E-state index in [0.717, 1.165) is 49.1 Å². The first kappa shape index (κ1) is 23.4. The molecule has 0 unspecified atom stereocenters. The first-order chi connectivity index (χ1) is 17.8. The van der Waals surface area contributed by atoms with Crippen molar-refractivity contribution < 1.29 is 19.1 Å². The lowest BCUT2D eigenvalue weighted by Crippen LogP contribution is -2.37. The van der Waals surface area contributed by atoms with Crippen LogP contribution >= 0.6 is 0 Å². The molecule has 2 aliphatic rings. The molecule has 7 heteroatoms. The second-order valence-corrected chi connectivity index (χ2v) is 10.7. The van der Waals surface area contributed by atoms with Crippen molar-refractivity contribution in [3.63, 3.8) is 0 Å². The second-order valence-electron chi connectivity index (χ2n) is 10.7. The number of carboxylic acid groups (broad SMARTS) is 1. The predicted molar refractivity (Wildman–Crippen MR) is 142 cm³/mol. The van der Waals surface area contributed by atoms with Crippen LogP contribution in [0.25, 0.3) is 27.8 Å². The third-order valence-electron chi connectivity index (χ3n) is 8.36. The van der Waals surface area contributed by atoms with Gasteiger partial charge < -0.3 is 10.4 Å². The van der Waals surface area contributed by atoms with E-state index in [9.17, 15) is 14.0 Å². The van der Waals surface area contributed by atoms with Crippen molar-refractivity contribution >= 4 is 45.3 Å². The zero-order valence-electron chi connectivity index (χ0n) is 20.6. The van der Waals surface area contributed by atoms with E-state index < -0.39 is 11.8 Å². The lowest BCUT2D eigenvalue weighted by atomic mass is 9.70. The van der Waals surface area contributed by atoms with E-state index in [1.54, 1.807) is 6.07 Å². The Hall–Kier alpha value is -4.00. The van der Waals surface area contributed by atoms with E-state index in [0.29, 0.717) is 17.2 Å². The van der Waals surface area contributed by atoms with Gasteiger partial charge in [0.1, 0.15) is 5.82 Å². The van der Waals surface area contributed by atoms with Gasteiger partial charge in [0.25, 0.3) is 0 Å². The van der Waals surface area contributed by atoms with Crippen LogP contribution in [-0.2, 0) is 23.1 Å². The van der Waals surface area contributed by atoms with Crippen LogP contribution in [0.15, 0.2) is 60.8 Å². The van der Waals surface area contributed by atoms with E-state index in [2.05, 4.69) is 40.7 Å². The highest BCUT2D eigenvalue weighted by Gasteiger charge is 2.54. The SMILES string of the molecule is Cn1ncc2cc3cccc(C[C@@]45CC[C@H](C[C@H]4C(=O)Nc4cc(F)cc(/C=C/C(=O)O)c4)C5)c3cc21. The van der Waals surface area contributed by atoms with Gasteiger partial charge in [0.2, 0.25) is 5.91 Å². The van der Waals surface area contributed by atoms with Gasteiger partial charge in [0.05, 0.1) is 11.7 Å². The standard InChI is InChI=1S/C30H28FN3O3/c1-34-27-14-25-20(12-22(27)17-32-34)3-2-4-21(25)16-30-8-7-19(15-30)11-26(30)29(37)33-24-10-18(5-6-28(35)36)9-23(31)13-24/h2-6,9-10,12-14,17,19,26H,7-8,11,15-16H2,1H3,(H,33,37)(H,35,36)/b6-5+/t19-,26+,30+/m1/s1. The molecular weight excluding hydrogens is 469 g/mol. The number of aryl methyl sites for hydroxylation is 1. The zero-order valence-corrected chi connectivity index (χ0v) is 20.6. The largest absolute Gasteiger partial charge is 0.478 e. The summed E-state index contributed by atoms with van der Waals surface area (Å²) in [5.74, 6) is -1.37. The minimum atomic E-state index is -1.11. The van der Waals surface area contributed by atoms with Crippen molar-refractivity contribution in [1.82, 2.24) is 9.78 Å². The summed E-state index contributed by atoms with van der Waals surface area (Å²) >= 11 is 0. The number of benzene rings is 3. The molecule has 6 nitrogen and oxygen atoms in total. The van der Waals surface area contributed by atoms with E-state index in [4.69, 9.17) is 5.11 Å². The predicted octanol–water partition coefficient (Wildman–Crippen LogP) is 5.95. The van der Waals surface area contributed by atoms with Crippen LogP contribution in [-0.4, -0.2) is 26.8 Å². The third-order valence-corrected chi connectivity index (χ3v) is 8.36. The van der Waals surface area contributed by atoms with Crippen LogP contribution in [0.2, 0.25) is 0 Å². The number of carbonyl (C=O) groups excluding carboxylic acids is 1. The Kier molecular flexibility index (Phi) is 5.59. The highest BCUT2D eigenvalue weighted by molar-refractivity contribution is 5.98. The number of nitrogens with zero attached hydrogens (tertiary/aromatic N) is 2. The molecule has 1 aromatic heterocycles. The smallest absolute Gasteiger partial charge is 0.328 e. The molecular formula is C30H28FN3O3. The number of aliphatic carboxylic acids is 1. The molecule has 2 saturated carbocycles. The fourth-order valence-corrected chi connectivity index (χ4v) is 6.74. The molecule has 2 fully saturated rings. The fourth-order valence-electron chi connectivity index (χ4n) is 6.74. The molecule has 2 N–H and O–H groups in total. The second kappa shape index (κ2) is 8.83. The molecule has 1 amide bonds. The summed E-state index contributed by atoms with van der Waals surface area (Å²) in [6, 6.07) is 14.9. The minimum absolute atomic E-state index is 0.0878. The fraction of sp³-hybridized carbons (Fsp3) is 0.300. The Labute approximate surface area is 213 Å². The molecule has 2 aliphatic carbocycles. The van der Waals surface area contributed by atoms with Crippen molar-refractivity contribution in [3.8, 4) is 0 Å². The Morgan fingerprint density at radius 1 is 1.22 bits per heavy atom. The van der Waals surface area contributed by atoms with Crippen LogP contribution in [0, 0.1) is 23.1 Å². The van der Waals surface area contributed by atoms with E-state index in [1.165, 1.54) is 34.5 Å². The number of aromatic nitrogens is 2. The van der Waals surface area contributed by atoms with Crippen LogP contribution in [0.4, 0.5) is 10.1 Å². The Balaban J connectivity index is 1.30. The van der Waals surface area contributed by atoms with Crippen molar-refractivity contribution in [2.75, 3.05) is 5.32 Å². The summed E-state index contributed by atoms with van der Waals surface area (Å²) in [5, 5.41) is 19.7. The molecule has 188 valence electrons. The number of hydrogen-bond donors (Lipinski definition) is 2. The lowest BCUT2D eigenvalue weighted by molar-refractivity contribution is -0.131. The number of fused-ring (bicyclic) bond motifs is 4. The maximum atomic E-state index is 14.2. The van der Waals surface area contributed by atoms with Gasteiger partial charge in [-0.1, -0.05) is 18.2 Å². The third kappa shape index (κ3) is 4.28. The summed E-state index contributed by atoms with van der Waals surface area (Å²) < 4.78 is 16.1. The van der Waals surface area contributed by atoms with E-state index in [-0.39, 0.29) is 17.2 Å². The quantitative estimate of drug-likeness (QED) is 0.323. The zero-order chi connectivity index (χ0) is 25.7. The van der Waals surface area contributed by atoms with Gasteiger partial charge >= 0.3 is 5.97 Å². The minimum Gasteiger partial charge on any atom is -0.478 e. The maximum absolute atomic E-state index is 14.2. The number of hydrogen-bond acceptors (Lipinski definition) is 3. The molecule has 2 bridgehead atoms. The highest BCUT2D eigenvalue weighted by Crippen LogP contribution is 2.59. The molecule has 3 aromatic carbocycles. The van der Waals surface area contributed by atoms with Crippen LogP contribution < -0.4 is 5.32 Å². The molecule has 0 radical (unpaired) electrons. The van der Waals surface area contributed by atoms with Gasteiger partial charge in [-0.2, -0.15) is 5.10 Å². The summed E-state index contributed by atoms with van der Waals surface area (Å²) in [6.07, 6.45) is 8.95. The molecule has 0 aliphatic heterocycles. The molecule has 0 saturated heterocycles. The number of nitrogens with one attached hydrogen (secondary N) is 1. The topological polar surface area (TPSA) is 84.2 Å². The molecule has 4 aromatic rings. The average Bonchev–Trinajstić information content (AvgIpc) is 3.54. The van der Waals surface area contributed by atoms with Crippen molar-refractivity contribution in [2.24, 2.45) is 24.3 Å². The molecule has 3 atom stereocenters. The number of halogens is 1. The Morgan fingerprint density at radius 2 is 2.08 bits per heavy atom. The van der Waals surface area contributed by atoms with Gasteiger partial charge in [-0.15, -0.1) is 0 Å². The number of carbonyl (C=O) groups is 2. The van der Waals surface area contributed by atoms with Gasteiger partial charge in [-0.05, 0) is 102 Å². The normalized spacial score (nSPS) is 22.9. The molecule has 1 heterocycles. The summed E-state index contributed by atoms with van der Waals surface area (Å²) in [6.45, 7) is 0. The monoisotopic (exact) mass is 497 g/mol. The van der Waals surface area contributed by atoms with Crippen LogP contribution in [0.5, 0.6) is 0 Å². The summed E-state index contributed by atoms with van der Waals surface area (Å²) in [4.78, 5) is 24.4. The lowest BCUT2D eigenvalue weighted by Gasteiger charge is -2.35. The first-order valence-electron chi connectivity index (χ1n) is 12.7. The summed E-state index contributed by atoms with van der Waals surface area (Å²) in [5.41, 5.74) is 2.92. The van der Waals surface area contributed by atoms with Crippen molar-refractivity contribution in [3.05, 3.63) is 77.7 Å². The first-order valence-corrected chi connectivity index (χ1v) is 12.7. The van der Waals surface area contributed by atoms with Crippen molar-refractivity contribution in [1.29, 1.82) is 0 Å². The molecule has 0 spiro atoms. The van der Waals surface area contributed by atoms with Gasteiger partial charge in [0.15, 0.2) is 0 Å². The Morgan fingerprint density at radius 3 is 2.89 bits per heavy atom. The van der Waals surface area contributed by atoms with Crippen LogP contribution in [0.3, 0.4) is 0 Å². The maximum Gasteiger partial charge on any atom is 0.328 e. The van der Waals surface area contributed by atoms with Gasteiger partial charge in [-0.3, -0.25) is 9.48 Å².